The van der Waals surface area contributed by atoms with Gasteiger partial charge in [-0.15, -0.1) is 24.8 Å². The second-order valence-electron chi connectivity index (χ2n) is 8.58. The number of amides is 2. The molecule has 1 aliphatic carbocycles. The largest absolute Gasteiger partial charge is 0.353 e. The van der Waals surface area contributed by atoms with Crippen LogP contribution in [0.5, 0.6) is 0 Å². The normalized spacial score (nSPS) is 19.9. The number of nitrogens with zero attached hydrogens (tertiary/aromatic N) is 1. The Morgan fingerprint density at radius 3 is 1.88 bits per heavy atom. The third-order valence-corrected chi connectivity index (χ3v) is 6.23. The molecule has 3 aliphatic rings. The van der Waals surface area contributed by atoms with Gasteiger partial charge >= 0.3 is 0 Å². The van der Waals surface area contributed by atoms with Crippen molar-refractivity contribution in [1.82, 2.24) is 26.3 Å². The van der Waals surface area contributed by atoms with Gasteiger partial charge in [0.1, 0.15) is 5.69 Å². The summed E-state index contributed by atoms with van der Waals surface area (Å²) in [7, 11) is 0. The fourth-order valence-electron chi connectivity index (χ4n) is 4.37. The molecule has 9 heteroatoms. The van der Waals surface area contributed by atoms with Crippen LogP contribution in [-0.4, -0.2) is 55.1 Å². The number of rotatable bonds is 4. The lowest BCUT2D eigenvalue weighted by molar-refractivity contribution is -0.126. The number of hydrogen-bond acceptors (Lipinski definition) is 5. The summed E-state index contributed by atoms with van der Waals surface area (Å²) in [6.45, 7) is 4.06. The highest BCUT2D eigenvalue weighted by Gasteiger charge is 2.23. The van der Waals surface area contributed by atoms with Crippen molar-refractivity contribution in [2.24, 2.45) is 5.92 Å². The van der Waals surface area contributed by atoms with Crippen LogP contribution in [0, 0.1) is 5.92 Å². The Morgan fingerprint density at radius 1 is 0.781 bits per heavy atom. The first-order valence-corrected chi connectivity index (χ1v) is 11.7. The molecule has 1 aromatic heterocycles. The molecule has 2 saturated heterocycles. The Kier molecular flexibility index (Phi) is 14.5. The van der Waals surface area contributed by atoms with Crippen LogP contribution < -0.4 is 21.3 Å². The van der Waals surface area contributed by atoms with E-state index in [0.717, 1.165) is 64.7 Å². The number of aromatic nitrogens is 1. The molecule has 2 aliphatic heterocycles. The maximum absolute atomic E-state index is 11.9. The van der Waals surface area contributed by atoms with Crippen LogP contribution in [0.4, 0.5) is 0 Å². The standard InChI is InChI=1S/C12H22N2O.C11H15N3O.2ClH/c15-12(10-4-2-1-3-5-10)14-11-6-8-13-9-7-11;15-11(10-3-1-2-6-13-10)14-9-4-7-12-8-5-9;;/h10-11,13H,1-9H2,(H,14,15);1-3,6,9,12H,4-5,7-8H2,(H,14,15);2*1H. The zero-order chi connectivity index (χ0) is 21.0. The molecule has 0 radical (unpaired) electrons. The van der Waals surface area contributed by atoms with E-state index in [4.69, 9.17) is 0 Å². The van der Waals surface area contributed by atoms with Gasteiger partial charge in [-0.1, -0.05) is 25.3 Å². The SMILES string of the molecule is Cl.Cl.O=C(NC1CCNCC1)C1CCCCC1.O=C(NC1CCNCC1)c1ccccn1. The Morgan fingerprint density at radius 2 is 1.34 bits per heavy atom. The van der Waals surface area contributed by atoms with E-state index >= 15 is 0 Å². The molecule has 0 unspecified atom stereocenters. The number of piperidine rings is 2. The van der Waals surface area contributed by atoms with Gasteiger partial charge in [-0.2, -0.15) is 0 Å². The van der Waals surface area contributed by atoms with Gasteiger partial charge in [0, 0.05) is 24.2 Å². The van der Waals surface area contributed by atoms with Crippen LogP contribution >= 0.6 is 24.8 Å². The van der Waals surface area contributed by atoms with E-state index in [9.17, 15) is 9.59 Å². The molecule has 3 heterocycles. The predicted molar refractivity (Wildman–Crippen MR) is 133 cm³/mol. The molecule has 4 rings (SSSR count). The summed E-state index contributed by atoms with van der Waals surface area (Å²) < 4.78 is 0. The number of carbonyl (C=O) groups is 2. The maximum atomic E-state index is 11.9. The zero-order valence-corrected chi connectivity index (χ0v) is 20.4. The molecule has 2 amide bonds. The molecular weight excluding hydrogens is 449 g/mol. The van der Waals surface area contributed by atoms with Gasteiger partial charge in [0.05, 0.1) is 0 Å². The summed E-state index contributed by atoms with van der Waals surface area (Å²) in [5.74, 6) is 0.567. The molecule has 182 valence electrons. The lowest BCUT2D eigenvalue weighted by Gasteiger charge is -2.27. The van der Waals surface area contributed by atoms with E-state index < -0.39 is 0 Å². The number of carbonyl (C=O) groups excluding carboxylic acids is 2. The Labute approximate surface area is 204 Å². The minimum absolute atomic E-state index is 0. The topological polar surface area (TPSA) is 95.2 Å². The quantitative estimate of drug-likeness (QED) is 0.523. The summed E-state index contributed by atoms with van der Waals surface area (Å²) >= 11 is 0. The van der Waals surface area contributed by atoms with Crippen molar-refractivity contribution in [1.29, 1.82) is 0 Å². The van der Waals surface area contributed by atoms with Crippen LogP contribution in [0.1, 0.15) is 68.3 Å². The Balaban J connectivity index is 0.000000301. The minimum Gasteiger partial charge on any atom is -0.353 e. The molecule has 0 atom stereocenters. The van der Waals surface area contributed by atoms with Gasteiger partial charge < -0.3 is 21.3 Å². The second kappa shape index (κ2) is 16.2. The maximum Gasteiger partial charge on any atom is 0.270 e. The first-order valence-electron chi connectivity index (χ1n) is 11.7. The first-order chi connectivity index (χ1) is 14.7. The second-order valence-corrected chi connectivity index (χ2v) is 8.58. The van der Waals surface area contributed by atoms with Crippen LogP contribution in [-0.2, 0) is 4.79 Å². The van der Waals surface area contributed by atoms with Crippen LogP contribution in [0.2, 0.25) is 0 Å². The fourth-order valence-corrected chi connectivity index (χ4v) is 4.37. The van der Waals surface area contributed by atoms with Gasteiger partial charge in [0.2, 0.25) is 5.91 Å². The van der Waals surface area contributed by atoms with Gasteiger partial charge in [-0.3, -0.25) is 14.6 Å². The van der Waals surface area contributed by atoms with Crippen molar-refractivity contribution in [2.45, 2.75) is 69.9 Å². The van der Waals surface area contributed by atoms with E-state index in [1.807, 2.05) is 6.07 Å². The van der Waals surface area contributed by atoms with Crippen molar-refractivity contribution < 1.29 is 9.59 Å². The molecule has 4 N–H and O–H groups in total. The Bertz CT molecular complexity index is 647. The highest BCUT2D eigenvalue weighted by Crippen LogP contribution is 2.24. The Hall–Kier alpha value is -1.41. The summed E-state index contributed by atoms with van der Waals surface area (Å²) in [6.07, 6.45) is 11.8. The van der Waals surface area contributed by atoms with E-state index in [2.05, 4.69) is 26.3 Å². The average molecular weight is 489 g/mol. The lowest BCUT2D eigenvalue weighted by atomic mass is 9.88. The van der Waals surface area contributed by atoms with Gasteiger partial charge in [0.15, 0.2) is 0 Å². The van der Waals surface area contributed by atoms with Crippen LogP contribution in [0.3, 0.4) is 0 Å². The lowest BCUT2D eigenvalue weighted by Crippen LogP contribution is -2.45. The van der Waals surface area contributed by atoms with Crippen LogP contribution in [0.15, 0.2) is 24.4 Å². The van der Waals surface area contributed by atoms with Crippen molar-refractivity contribution in [3.8, 4) is 0 Å². The van der Waals surface area contributed by atoms with E-state index in [1.165, 1.54) is 19.3 Å². The van der Waals surface area contributed by atoms with Crippen LogP contribution in [0.25, 0.3) is 0 Å². The predicted octanol–water partition coefficient (Wildman–Crippen LogP) is 2.84. The van der Waals surface area contributed by atoms with E-state index in [1.54, 1.807) is 18.3 Å². The molecule has 32 heavy (non-hydrogen) atoms. The zero-order valence-electron chi connectivity index (χ0n) is 18.8. The highest BCUT2D eigenvalue weighted by atomic mass is 35.5. The summed E-state index contributed by atoms with van der Waals surface area (Å²) in [4.78, 5) is 27.7. The van der Waals surface area contributed by atoms with Gasteiger partial charge in [-0.25, -0.2) is 0 Å². The number of halogens is 2. The third kappa shape index (κ3) is 10.0. The summed E-state index contributed by atoms with van der Waals surface area (Å²) in [5, 5.41) is 12.8. The molecule has 1 aromatic rings. The van der Waals surface area contributed by atoms with Gasteiger partial charge in [0.25, 0.3) is 5.91 Å². The molecular formula is C23H39Cl2N5O2. The highest BCUT2D eigenvalue weighted by molar-refractivity contribution is 5.92. The van der Waals surface area contributed by atoms with Crippen molar-refractivity contribution in [3.63, 3.8) is 0 Å². The monoisotopic (exact) mass is 487 g/mol. The van der Waals surface area contributed by atoms with Crippen molar-refractivity contribution in [2.75, 3.05) is 26.2 Å². The van der Waals surface area contributed by atoms with Crippen molar-refractivity contribution >= 4 is 36.6 Å². The number of hydrogen-bond donors (Lipinski definition) is 4. The van der Waals surface area contributed by atoms with Gasteiger partial charge in [-0.05, 0) is 76.8 Å². The van der Waals surface area contributed by atoms with Crippen molar-refractivity contribution in [3.05, 3.63) is 30.1 Å². The fraction of sp³-hybridized carbons (Fsp3) is 0.696. The smallest absolute Gasteiger partial charge is 0.270 e. The van der Waals surface area contributed by atoms with E-state index in [0.29, 0.717) is 29.6 Å². The summed E-state index contributed by atoms with van der Waals surface area (Å²) in [5.41, 5.74) is 0.496. The molecule has 7 nitrogen and oxygen atoms in total. The number of nitrogens with one attached hydrogen (secondary N) is 4. The third-order valence-electron chi connectivity index (χ3n) is 6.23. The average Bonchev–Trinajstić information content (AvgIpc) is 2.82. The molecule has 0 bridgehead atoms. The first kappa shape index (κ1) is 28.6. The molecule has 1 saturated carbocycles. The molecule has 3 fully saturated rings. The molecule has 0 aromatic carbocycles. The van der Waals surface area contributed by atoms with E-state index in [-0.39, 0.29) is 30.7 Å². The summed E-state index contributed by atoms with van der Waals surface area (Å²) in [6, 6.07) is 6.09. The molecule has 0 spiro atoms. The minimum atomic E-state index is -0.0671. The number of pyridine rings is 1.